The molecule has 6 nitrogen and oxygen atoms in total. The van der Waals surface area contributed by atoms with E-state index in [-0.39, 0.29) is 0 Å². The van der Waals surface area contributed by atoms with Crippen LogP contribution in [-0.4, -0.2) is 48.4 Å². The summed E-state index contributed by atoms with van der Waals surface area (Å²) in [7, 11) is 1.66. The van der Waals surface area contributed by atoms with Crippen molar-refractivity contribution < 1.29 is 4.74 Å². The van der Waals surface area contributed by atoms with Crippen molar-refractivity contribution in [3.8, 4) is 0 Å². The topological polar surface area (TPSA) is 62.3 Å². The molecule has 0 bridgehead atoms. The van der Waals surface area contributed by atoms with E-state index in [1.807, 2.05) is 13.0 Å². The molecule has 2 heterocycles. The van der Waals surface area contributed by atoms with Crippen molar-refractivity contribution in [3.63, 3.8) is 0 Å². The summed E-state index contributed by atoms with van der Waals surface area (Å²) < 4.78 is 4.97. The van der Waals surface area contributed by atoms with Gasteiger partial charge in [-0.3, -0.25) is 0 Å². The molecule has 0 amide bonds. The Balaban J connectivity index is 1.99. The fourth-order valence-electron chi connectivity index (χ4n) is 2.31. The molecule has 2 rings (SSSR count). The Morgan fingerprint density at radius 1 is 1.33 bits per heavy atom. The molecule has 0 saturated carbocycles. The van der Waals surface area contributed by atoms with Gasteiger partial charge in [-0.15, -0.1) is 0 Å². The Bertz CT molecular complexity index is 476. The van der Waals surface area contributed by atoms with E-state index in [2.05, 4.69) is 25.5 Å². The van der Waals surface area contributed by atoms with E-state index in [0.29, 0.717) is 24.2 Å². The van der Waals surface area contributed by atoms with E-state index in [0.717, 1.165) is 24.6 Å². The van der Waals surface area contributed by atoms with Crippen molar-refractivity contribution in [2.75, 3.05) is 43.6 Å². The Kier molecular flexibility index (Phi) is 6.13. The summed E-state index contributed by atoms with van der Waals surface area (Å²) >= 11 is 5.22. The molecule has 7 heteroatoms. The van der Waals surface area contributed by atoms with Crippen LogP contribution in [0.4, 0.5) is 11.8 Å². The van der Waals surface area contributed by atoms with Crippen LogP contribution in [0.3, 0.4) is 0 Å². The van der Waals surface area contributed by atoms with Gasteiger partial charge in [0.25, 0.3) is 0 Å². The summed E-state index contributed by atoms with van der Waals surface area (Å²) in [5.74, 6) is 1.52. The van der Waals surface area contributed by atoms with Gasteiger partial charge in [0.15, 0.2) is 5.11 Å². The summed E-state index contributed by atoms with van der Waals surface area (Å²) in [4.78, 5) is 11.3. The zero-order valence-electron chi connectivity index (χ0n) is 12.7. The number of aryl methyl sites for hydroxylation is 1. The van der Waals surface area contributed by atoms with E-state index in [4.69, 9.17) is 17.0 Å². The van der Waals surface area contributed by atoms with E-state index >= 15 is 0 Å². The number of hydrogen-bond donors (Lipinski definition) is 2. The summed E-state index contributed by atoms with van der Waals surface area (Å²) in [6, 6.07) is 2.03. The second-order valence-corrected chi connectivity index (χ2v) is 5.52. The molecule has 1 aromatic heterocycles. The molecule has 2 N–H and O–H groups in total. The number of methoxy groups -OCH3 is 1. The zero-order chi connectivity index (χ0) is 15.1. The van der Waals surface area contributed by atoms with Crippen LogP contribution in [0, 0.1) is 6.92 Å². The van der Waals surface area contributed by atoms with Gasteiger partial charge in [0.05, 0.1) is 6.61 Å². The van der Waals surface area contributed by atoms with Crippen molar-refractivity contribution in [1.82, 2.24) is 15.3 Å². The first-order valence-corrected chi connectivity index (χ1v) is 7.74. The minimum Gasteiger partial charge on any atom is -0.383 e. The highest BCUT2D eigenvalue weighted by Gasteiger charge is 2.14. The van der Waals surface area contributed by atoms with Crippen LogP contribution in [0.5, 0.6) is 0 Å². The summed E-state index contributed by atoms with van der Waals surface area (Å²) in [5.41, 5.74) is 0.938. The molecule has 1 aliphatic rings. The summed E-state index contributed by atoms with van der Waals surface area (Å²) in [6.07, 6.45) is 3.75. The van der Waals surface area contributed by atoms with Crippen molar-refractivity contribution in [1.29, 1.82) is 0 Å². The van der Waals surface area contributed by atoms with E-state index < -0.39 is 0 Å². The van der Waals surface area contributed by atoms with Gasteiger partial charge in [0.2, 0.25) is 5.95 Å². The van der Waals surface area contributed by atoms with Gasteiger partial charge in [-0.2, -0.15) is 4.98 Å². The maximum absolute atomic E-state index is 5.22. The van der Waals surface area contributed by atoms with Gasteiger partial charge < -0.3 is 20.3 Å². The second-order valence-electron chi connectivity index (χ2n) is 5.11. The monoisotopic (exact) mass is 309 g/mol. The average molecular weight is 309 g/mol. The lowest BCUT2D eigenvalue weighted by Gasteiger charge is -2.28. The van der Waals surface area contributed by atoms with Crippen LogP contribution < -0.4 is 15.5 Å². The molecule has 21 heavy (non-hydrogen) atoms. The number of anilines is 2. The van der Waals surface area contributed by atoms with Crippen LogP contribution >= 0.6 is 12.2 Å². The molecule has 0 spiro atoms. The van der Waals surface area contributed by atoms with Gasteiger partial charge in [-0.25, -0.2) is 4.98 Å². The molecule has 0 aliphatic carbocycles. The van der Waals surface area contributed by atoms with E-state index in [1.54, 1.807) is 7.11 Å². The fraction of sp³-hybridized carbons (Fsp3) is 0.643. The summed E-state index contributed by atoms with van der Waals surface area (Å²) in [5, 5.41) is 6.61. The third-order valence-corrected chi connectivity index (χ3v) is 3.58. The lowest BCUT2D eigenvalue weighted by Crippen LogP contribution is -2.33. The highest BCUT2D eigenvalue weighted by Crippen LogP contribution is 2.19. The number of hydrogen-bond acceptors (Lipinski definition) is 5. The number of aromatic nitrogens is 2. The Labute approximate surface area is 131 Å². The predicted octanol–water partition coefficient (Wildman–Crippen LogP) is 1.71. The van der Waals surface area contributed by atoms with Gasteiger partial charge in [-0.05, 0) is 38.4 Å². The van der Waals surface area contributed by atoms with E-state index in [1.165, 1.54) is 19.3 Å². The molecule has 1 aliphatic heterocycles. The average Bonchev–Trinajstić information content (AvgIpc) is 2.48. The second kappa shape index (κ2) is 8.09. The maximum atomic E-state index is 5.22. The third kappa shape index (κ3) is 5.09. The van der Waals surface area contributed by atoms with Crippen molar-refractivity contribution in [3.05, 3.63) is 11.8 Å². The molecular weight excluding hydrogens is 286 g/mol. The van der Waals surface area contributed by atoms with Gasteiger partial charge in [-0.1, -0.05) is 0 Å². The van der Waals surface area contributed by atoms with Crippen LogP contribution in [-0.2, 0) is 4.74 Å². The molecule has 116 valence electrons. The van der Waals surface area contributed by atoms with Crippen LogP contribution in [0.1, 0.15) is 25.0 Å². The molecule has 1 fully saturated rings. The highest BCUT2D eigenvalue weighted by molar-refractivity contribution is 7.80. The first kappa shape index (κ1) is 15.9. The Morgan fingerprint density at radius 3 is 2.81 bits per heavy atom. The quantitative estimate of drug-likeness (QED) is 0.634. The lowest BCUT2D eigenvalue weighted by atomic mass is 10.1. The number of thiocarbonyl (C=S) groups is 1. The standard InChI is InChI=1S/C14H23N5OS/c1-11-10-12(19-7-4-3-5-8-19)17-13(16-11)18-14(21)15-6-9-20-2/h10H,3-9H2,1-2H3,(H2,15,16,17,18,21). The first-order valence-electron chi connectivity index (χ1n) is 7.33. The van der Waals surface area contributed by atoms with Gasteiger partial charge >= 0.3 is 0 Å². The smallest absolute Gasteiger partial charge is 0.231 e. The van der Waals surface area contributed by atoms with E-state index in [9.17, 15) is 0 Å². The molecule has 0 radical (unpaired) electrons. The maximum Gasteiger partial charge on any atom is 0.231 e. The lowest BCUT2D eigenvalue weighted by molar-refractivity contribution is 0.204. The molecule has 0 atom stereocenters. The molecule has 1 aromatic rings. The number of ether oxygens (including phenoxy) is 1. The molecule has 0 aromatic carbocycles. The predicted molar refractivity (Wildman–Crippen MR) is 88.9 cm³/mol. The van der Waals surface area contributed by atoms with Gasteiger partial charge in [0.1, 0.15) is 5.82 Å². The zero-order valence-corrected chi connectivity index (χ0v) is 13.5. The Hall–Kier alpha value is -1.47. The molecule has 1 saturated heterocycles. The summed E-state index contributed by atoms with van der Waals surface area (Å²) in [6.45, 7) is 5.36. The fourth-order valence-corrected chi connectivity index (χ4v) is 2.50. The van der Waals surface area contributed by atoms with Crippen LogP contribution in [0.25, 0.3) is 0 Å². The van der Waals surface area contributed by atoms with Crippen LogP contribution in [0.15, 0.2) is 6.07 Å². The van der Waals surface area contributed by atoms with Crippen molar-refractivity contribution >= 4 is 29.1 Å². The van der Waals surface area contributed by atoms with Crippen LogP contribution in [0.2, 0.25) is 0 Å². The van der Waals surface area contributed by atoms with Crippen molar-refractivity contribution in [2.24, 2.45) is 0 Å². The van der Waals surface area contributed by atoms with Crippen molar-refractivity contribution in [2.45, 2.75) is 26.2 Å². The van der Waals surface area contributed by atoms with Gasteiger partial charge in [0, 0.05) is 38.5 Å². The largest absolute Gasteiger partial charge is 0.383 e. The normalized spacial score (nSPS) is 14.9. The highest BCUT2D eigenvalue weighted by atomic mass is 32.1. The number of nitrogens with one attached hydrogen (secondary N) is 2. The third-order valence-electron chi connectivity index (χ3n) is 3.34. The minimum atomic E-state index is 0.516. The molecule has 0 unspecified atom stereocenters. The number of rotatable bonds is 5. The first-order chi connectivity index (χ1) is 10.2. The number of nitrogens with zero attached hydrogens (tertiary/aromatic N) is 3. The molecular formula is C14H23N5OS. The number of piperidine rings is 1. The Morgan fingerprint density at radius 2 is 2.10 bits per heavy atom. The SMILES string of the molecule is COCCNC(=S)Nc1nc(C)cc(N2CCCCC2)n1. The minimum absolute atomic E-state index is 0.516.